The fraction of sp³-hybridized carbons (Fsp3) is 0.467. The van der Waals surface area contributed by atoms with Crippen LogP contribution in [0.2, 0.25) is 5.02 Å². The Balaban J connectivity index is 2.36. The average Bonchev–Trinajstić information content (AvgIpc) is 2.46. The molecule has 0 bridgehead atoms. The van der Waals surface area contributed by atoms with E-state index in [4.69, 9.17) is 11.6 Å². The number of nitrogens with zero attached hydrogens (tertiary/aromatic N) is 2. The van der Waals surface area contributed by atoms with Crippen molar-refractivity contribution in [1.29, 1.82) is 0 Å². The van der Waals surface area contributed by atoms with Crippen molar-refractivity contribution in [1.82, 2.24) is 14.3 Å². The predicted molar refractivity (Wildman–Crippen MR) is 99.4 cm³/mol. The lowest BCUT2D eigenvalue weighted by Crippen LogP contribution is -2.27. The van der Waals surface area contributed by atoms with Crippen LogP contribution in [0.1, 0.15) is 13.8 Å². The highest BCUT2D eigenvalue weighted by Crippen LogP contribution is 2.20. The molecule has 0 spiro atoms. The van der Waals surface area contributed by atoms with Crippen LogP contribution < -0.4 is 10.3 Å². The Labute approximate surface area is 150 Å². The van der Waals surface area contributed by atoms with Crippen LogP contribution >= 0.6 is 23.4 Å². The van der Waals surface area contributed by atoms with Gasteiger partial charge in [0.15, 0.2) is 5.16 Å². The molecule has 1 aromatic carbocycles. The van der Waals surface area contributed by atoms with Crippen molar-refractivity contribution in [3.63, 3.8) is 0 Å². The van der Waals surface area contributed by atoms with Crippen molar-refractivity contribution in [3.05, 3.63) is 33.6 Å². The summed E-state index contributed by atoms with van der Waals surface area (Å²) in [4.78, 5) is 17.3. The van der Waals surface area contributed by atoms with Gasteiger partial charge in [0.2, 0.25) is 10.0 Å². The number of rotatable bonds is 7. The zero-order chi connectivity index (χ0) is 17.9. The molecule has 0 fully saturated rings. The summed E-state index contributed by atoms with van der Waals surface area (Å²) in [6.07, 6.45) is 1.12. The van der Waals surface area contributed by atoms with Crippen LogP contribution in [0.3, 0.4) is 0 Å². The summed E-state index contributed by atoms with van der Waals surface area (Å²) in [5.41, 5.74) is 0.456. The van der Waals surface area contributed by atoms with Gasteiger partial charge >= 0.3 is 0 Å². The van der Waals surface area contributed by atoms with Gasteiger partial charge in [-0.25, -0.2) is 18.1 Å². The first-order chi connectivity index (χ1) is 11.2. The van der Waals surface area contributed by atoms with E-state index in [1.54, 1.807) is 22.8 Å². The third kappa shape index (κ3) is 5.20. The molecule has 0 aliphatic carbocycles. The number of benzene rings is 1. The Morgan fingerprint density at radius 3 is 2.71 bits per heavy atom. The van der Waals surface area contributed by atoms with Crippen LogP contribution in [0, 0.1) is 5.92 Å². The molecule has 6 nitrogen and oxygen atoms in total. The lowest BCUT2D eigenvalue weighted by atomic mass is 10.2. The van der Waals surface area contributed by atoms with Crippen molar-refractivity contribution in [2.75, 3.05) is 18.6 Å². The molecule has 1 N–H and O–H groups in total. The van der Waals surface area contributed by atoms with Crippen LogP contribution in [0.5, 0.6) is 0 Å². The topological polar surface area (TPSA) is 81.1 Å². The number of halogens is 1. The Hall–Kier alpha value is -1.09. The Morgan fingerprint density at radius 2 is 2.08 bits per heavy atom. The second kappa shape index (κ2) is 7.86. The van der Waals surface area contributed by atoms with Gasteiger partial charge in [-0.05, 0) is 24.1 Å². The minimum atomic E-state index is -3.22. The smallest absolute Gasteiger partial charge is 0.262 e. The molecule has 24 heavy (non-hydrogen) atoms. The number of fused-ring (bicyclic) bond motifs is 1. The van der Waals surface area contributed by atoms with E-state index in [1.807, 2.05) is 13.8 Å². The van der Waals surface area contributed by atoms with Gasteiger partial charge in [0.25, 0.3) is 5.56 Å². The number of thioether (sulfide) groups is 1. The summed E-state index contributed by atoms with van der Waals surface area (Å²) in [6, 6.07) is 5.04. The quantitative estimate of drug-likeness (QED) is 0.446. The monoisotopic (exact) mass is 389 g/mol. The second-order valence-corrected chi connectivity index (χ2v) is 9.21. The van der Waals surface area contributed by atoms with Gasteiger partial charge in [-0.2, -0.15) is 0 Å². The Bertz CT molecular complexity index is 895. The summed E-state index contributed by atoms with van der Waals surface area (Å²) in [7, 11) is -3.22. The molecule has 2 aromatic rings. The first-order valence-electron chi connectivity index (χ1n) is 7.45. The van der Waals surface area contributed by atoms with E-state index in [2.05, 4.69) is 9.71 Å². The van der Waals surface area contributed by atoms with E-state index < -0.39 is 10.0 Å². The van der Waals surface area contributed by atoms with Gasteiger partial charge in [0.05, 0.1) is 17.2 Å². The van der Waals surface area contributed by atoms with E-state index in [-0.39, 0.29) is 18.0 Å². The highest BCUT2D eigenvalue weighted by Gasteiger charge is 2.13. The molecule has 0 saturated carbocycles. The van der Waals surface area contributed by atoms with E-state index in [0.29, 0.717) is 33.4 Å². The largest absolute Gasteiger partial charge is 0.287 e. The third-order valence-electron chi connectivity index (χ3n) is 3.13. The minimum absolute atomic E-state index is 0.130. The Kier molecular flexibility index (Phi) is 6.30. The zero-order valence-corrected chi connectivity index (χ0v) is 16.1. The molecule has 0 aliphatic heterocycles. The number of hydrogen-bond donors (Lipinski definition) is 1. The van der Waals surface area contributed by atoms with Gasteiger partial charge in [0, 0.05) is 23.9 Å². The average molecular weight is 390 g/mol. The fourth-order valence-electron chi connectivity index (χ4n) is 2.18. The molecule has 1 heterocycles. The number of hydrogen-bond acceptors (Lipinski definition) is 5. The molecule has 9 heteroatoms. The van der Waals surface area contributed by atoms with Crippen molar-refractivity contribution in [2.24, 2.45) is 5.92 Å². The summed E-state index contributed by atoms with van der Waals surface area (Å²) in [6.45, 7) is 4.86. The molecular formula is C15H20ClN3O3S2. The standard InChI is InChI=1S/C15H20ClN3O3S2/c1-10(2)9-19-14(20)12-8-11(16)4-5-13(12)18-15(19)23-7-6-17-24(3,21)22/h4-5,8,10,17H,6-7,9H2,1-3H3. The maximum Gasteiger partial charge on any atom is 0.262 e. The molecule has 132 valence electrons. The highest BCUT2D eigenvalue weighted by atomic mass is 35.5. The SMILES string of the molecule is CC(C)Cn1c(SCCNS(C)(=O)=O)nc2ccc(Cl)cc2c1=O. The predicted octanol–water partition coefficient (Wildman–Crippen LogP) is 2.35. The second-order valence-electron chi connectivity index (χ2n) is 5.88. The third-order valence-corrected chi connectivity index (χ3v) is 5.07. The Morgan fingerprint density at radius 1 is 1.38 bits per heavy atom. The zero-order valence-electron chi connectivity index (χ0n) is 13.7. The van der Waals surface area contributed by atoms with Crippen molar-refractivity contribution in [3.8, 4) is 0 Å². The number of sulfonamides is 1. The van der Waals surface area contributed by atoms with Crippen LogP contribution in [-0.4, -0.2) is 36.5 Å². The van der Waals surface area contributed by atoms with E-state index >= 15 is 0 Å². The number of nitrogens with one attached hydrogen (secondary N) is 1. The number of aromatic nitrogens is 2. The first-order valence-corrected chi connectivity index (χ1v) is 10.7. The lowest BCUT2D eigenvalue weighted by molar-refractivity contribution is 0.475. The van der Waals surface area contributed by atoms with Crippen molar-refractivity contribution >= 4 is 44.3 Å². The van der Waals surface area contributed by atoms with E-state index in [9.17, 15) is 13.2 Å². The van der Waals surface area contributed by atoms with Crippen LogP contribution in [0.25, 0.3) is 10.9 Å². The van der Waals surface area contributed by atoms with Crippen molar-refractivity contribution in [2.45, 2.75) is 25.5 Å². The molecule has 2 rings (SSSR count). The molecule has 0 radical (unpaired) electrons. The normalized spacial score (nSPS) is 12.2. The minimum Gasteiger partial charge on any atom is -0.287 e. The van der Waals surface area contributed by atoms with Crippen LogP contribution in [0.4, 0.5) is 0 Å². The van der Waals surface area contributed by atoms with Gasteiger partial charge in [-0.3, -0.25) is 9.36 Å². The maximum atomic E-state index is 12.8. The highest BCUT2D eigenvalue weighted by molar-refractivity contribution is 7.99. The molecule has 0 atom stereocenters. The summed E-state index contributed by atoms with van der Waals surface area (Å²) >= 11 is 7.34. The van der Waals surface area contributed by atoms with E-state index in [0.717, 1.165) is 6.26 Å². The maximum absolute atomic E-state index is 12.8. The molecule has 0 aliphatic rings. The molecule has 0 amide bonds. The van der Waals surface area contributed by atoms with Crippen LogP contribution in [-0.2, 0) is 16.6 Å². The molecule has 1 aromatic heterocycles. The fourth-order valence-corrected chi connectivity index (χ4v) is 3.82. The lowest BCUT2D eigenvalue weighted by Gasteiger charge is -2.15. The first kappa shape index (κ1) is 19.2. The van der Waals surface area contributed by atoms with Gasteiger partial charge < -0.3 is 0 Å². The summed E-state index contributed by atoms with van der Waals surface area (Å²) in [5, 5.41) is 1.57. The van der Waals surface area contributed by atoms with E-state index in [1.165, 1.54) is 11.8 Å². The summed E-state index contributed by atoms with van der Waals surface area (Å²) < 4.78 is 26.3. The molecular weight excluding hydrogens is 370 g/mol. The summed E-state index contributed by atoms with van der Waals surface area (Å²) in [5.74, 6) is 0.756. The van der Waals surface area contributed by atoms with Gasteiger partial charge in [0.1, 0.15) is 0 Å². The molecule has 0 unspecified atom stereocenters. The van der Waals surface area contributed by atoms with Crippen LogP contribution in [0.15, 0.2) is 28.2 Å². The molecule has 0 saturated heterocycles. The van der Waals surface area contributed by atoms with Crippen molar-refractivity contribution < 1.29 is 8.42 Å². The van der Waals surface area contributed by atoms with Gasteiger partial charge in [-0.1, -0.05) is 37.2 Å². The van der Waals surface area contributed by atoms with Gasteiger partial charge in [-0.15, -0.1) is 0 Å².